The fourth-order valence-corrected chi connectivity index (χ4v) is 1.98. The summed E-state index contributed by atoms with van der Waals surface area (Å²) < 4.78 is 5.24. The molecule has 4 heteroatoms. The number of hydrogen-bond acceptors (Lipinski definition) is 4. The van der Waals surface area contributed by atoms with E-state index in [2.05, 4.69) is 16.4 Å². The average molecular weight is 267 g/mol. The van der Waals surface area contributed by atoms with Gasteiger partial charge in [0.05, 0.1) is 31.0 Å². The molecule has 0 saturated heterocycles. The van der Waals surface area contributed by atoms with Crippen LogP contribution in [0.25, 0.3) is 0 Å². The van der Waals surface area contributed by atoms with Gasteiger partial charge in [0.1, 0.15) is 5.75 Å². The second kappa shape index (κ2) is 6.07. The molecule has 0 atom stereocenters. The van der Waals surface area contributed by atoms with Crippen molar-refractivity contribution < 1.29 is 4.74 Å². The molecular formula is C16H17N3O. The van der Waals surface area contributed by atoms with Crippen LogP contribution < -0.4 is 10.1 Å². The van der Waals surface area contributed by atoms with E-state index >= 15 is 0 Å². The average Bonchev–Trinajstić information content (AvgIpc) is 2.45. The number of aromatic nitrogens is 1. The number of benzene rings is 1. The maximum absolute atomic E-state index is 8.94. The molecule has 0 saturated carbocycles. The Hall–Kier alpha value is -2.54. The lowest BCUT2D eigenvalue weighted by molar-refractivity contribution is 0.413. The van der Waals surface area contributed by atoms with Crippen LogP contribution in [-0.4, -0.2) is 12.1 Å². The van der Waals surface area contributed by atoms with Crippen molar-refractivity contribution in [3.05, 3.63) is 52.8 Å². The number of ether oxygens (including phenoxy) is 1. The zero-order chi connectivity index (χ0) is 14.5. The Labute approximate surface area is 119 Å². The van der Waals surface area contributed by atoms with Crippen LogP contribution in [0.5, 0.6) is 5.75 Å². The van der Waals surface area contributed by atoms with Crippen LogP contribution in [-0.2, 0) is 6.54 Å². The van der Waals surface area contributed by atoms with Gasteiger partial charge in [-0.15, -0.1) is 0 Å². The molecule has 2 rings (SSSR count). The maximum Gasteiger partial charge on any atom is 0.122 e. The minimum atomic E-state index is 0.591. The van der Waals surface area contributed by atoms with Crippen molar-refractivity contribution >= 4 is 5.69 Å². The van der Waals surface area contributed by atoms with Gasteiger partial charge in [-0.25, -0.2) is 0 Å². The van der Waals surface area contributed by atoms with Crippen molar-refractivity contribution in [3.63, 3.8) is 0 Å². The van der Waals surface area contributed by atoms with E-state index in [1.165, 1.54) is 0 Å². The lowest BCUT2D eigenvalue weighted by Gasteiger charge is -2.11. The van der Waals surface area contributed by atoms with Crippen LogP contribution >= 0.6 is 0 Å². The molecule has 0 unspecified atom stereocenters. The highest BCUT2D eigenvalue weighted by Crippen LogP contribution is 2.19. The molecule has 1 heterocycles. The number of hydrogen-bond donors (Lipinski definition) is 1. The van der Waals surface area contributed by atoms with E-state index in [4.69, 9.17) is 10.00 Å². The Morgan fingerprint density at radius 3 is 2.75 bits per heavy atom. The summed E-state index contributed by atoms with van der Waals surface area (Å²) in [5, 5.41) is 12.2. The van der Waals surface area contributed by atoms with Crippen molar-refractivity contribution in [1.82, 2.24) is 4.98 Å². The number of pyridine rings is 1. The van der Waals surface area contributed by atoms with Gasteiger partial charge in [0.15, 0.2) is 0 Å². The van der Waals surface area contributed by atoms with Gasteiger partial charge in [-0.3, -0.25) is 4.98 Å². The van der Waals surface area contributed by atoms with Crippen molar-refractivity contribution in [3.8, 4) is 11.8 Å². The van der Waals surface area contributed by atoms with Crippen molar-refractivity contribution in [1.29, 1.82) is 5.26 Å². The molecule has 0 aliphatic rings. The molecule has 0 bridgehead atoms. The highest BCUT2D eigenvalue weighted by atomic mass is 16.5. The molecule has 4 nitrogen and oxygen atoms in total. The number of rotatable bonds is 4. The van der Waals surface area contributed by atoms with Crippen LogP contribution in [0, 0.1) is 25.2 Å². The van der Waals surface area contributed by atoms with Crippen molar-refractivity contribution in [2.24, 2.45) is 0 Å². The fourth-order valence-electron chi connectivity index (χ4n) is 1.98. The molecule has 1 N–H and O–H groups in total. The highest BCUT2D eigenvalue weighted by Gasteiger charge is 2.03. The van der Waals surface area contributed by atoms with E-state index in [1.54, 1.807) is 7.11 Å². The first-order chi connectivity index (χ1) is 9.62. The highest BCUT2D eigenvalue weighted by molar-refractivity contribution is 5.55. The number of methoxy groups -OCH3 is 1. The molecular weight excluding hydrogens is 250 g/mol. The summed E-state index contributed by atoms with van der Waals surface area (Å²) in [6.07, 6.45) is 0. The Bertz CT molecular complexity index is 659. The summed E-state index contributed by atoms with van der Waals surface area (Å²) in [5.74, 6) is 0.803. The van der Waals surface area contributed by atoms with Crippen molar-refractivity contribution in [2.75, 3.05) is 12.4 Å². The summed E-state index contributed by atoms with van der Waals surface area (Å²) in [5.41, 5.74) is 4.52. The van der Waals surface area contributed by atoms with Crippen LogP contribution in [0.2, 0.25) is 0 Å². The van der Waals surface area contributed by atoms with E-state index in [1.807, 2.05) is 44.2 Å². The molecule has 20 heavy (non-hydrogen) atoms. The zero-order valence-corrected chi connectivity index (χ0v) is 11.9. The largest absolute Gasteiger partial charge is 0.497 e. The zero-order valence-electron chi connectivity index (χ0n) is 11.9. The number of nitriles is 1. The molecule has 2 aromatic rings. The SMILES string of the molecule is COc1cc(C)nc(CNc2cc(C#N)ccc2C)c1. The van der Waals surface area contributed by atoms with Crippen LogP contribution in [0.3, 0.4) is 0 Å². The standard InChI is InChI=1S/C16H17N3O/c1-11-4-5-13(9-17)7-16(11)18-10-14-8-15(20-3)6-12(2)19-14/h4-8,18H,10H2,1-3H3. The first kappa shape index (κ1) is 13.9. The third-order valence-electron chi connectivity index (χ3n) is 3.04. The second-order valence-electron chi connectivity index (χ2n) is 4.63. The molecule has 0 aliphatic carbocycles. The van der Waals surface area contributed by atoms with Gasteiger partial charge in [-0.1, -0.05) is 6.07 Å². The van der Waals surface area contributed by atoms with Gasteiger partial charge in [0.2, 0.25) is 0 Å². The molecule has 0 aliphatic heterocycles. The summed E-state index contributed by atoms with van der Waals surface area (Å²) in [6, 6.07) is 11.5. The predicted octanol–water partition coefficient (Wildman–Crippen LogP) is 3.19. The lowest BCUT2D eigenvalue weighted by Crippen LogP contribution is -2.04. The minimum absolute atomic E-state index is 0.591. The Kier molecular flexibility index (Phi) is 4.21. The molecule has 0 spiro atoms. The predicted molar refractivity (Wildman–Crippen MR) is 78.7 cm³/mol. The minimum Gasteiger partial charge on any atom is -0.497 e. The fraction of sp³-hybridized carbons (Fsp3) is 0.250. The third-order valence-corrected chi connectivity index (χ3v) is 3.04. The van der Waals surface area contributed by atoms with Crippen LogP contribution in [0.4, 0.5) is 5.69 Å². The monoisotopic (exact) mass is 267 g/mol. The molecule has 0 amide bonds. The number of aryl methyl sites for hydroxylation is 2. The first-order valence-corrected chi connectivity index (χ1v) is 6.38. The topological polar surface area (TPSA) is 57.9 Å². The third kappa shape index (κ3) is 3.27. The van der Waals surface area contributed by atoms with Gasteiger partial charge >= 0.3 is 0 Å². The van der Waals surface area contributed by atoms with Gasteiger partial charge in [-0.2, -0.15) is 5.26 Å². The molecule has 1 aromatic heterocycles. The molecule has 1 aromatic carbocycles. The second-order valence-corrected chi connectivity index (χ2v) is 4.63. The summed E-state index contributed by atoms with van der Waals surface area (Å²) in [4.78, 5) is 4.46. The molecule has 102 valence electrons. The van der Waals surface area contributed by atoms with Crippen LogP contribution in [0.15, 0.2) is 30.3 Å². The number of anilines is 1. The number of nitrogens with zero attached hydrogens (tertiary/aromatic N) is 2. The Morgan fingerprint density at radius 2 is 2.05 bits per heavy atom. The lowest BCUT2D eigenvalue weighted by atomic mass is 10.1. The number of nitrogens with one attached hydrogen (secondary N) is 1. The van der Waals surface area contributed by atoms with E-state index in [-0.39, 0.29) is 0 Å². The van der Waals surface area contributed by atoms with Crippen LogP contribution in [0.1, 0.15) is 22.5 Å². The van der Waals surface area contributed by atoms with Gasteiger partial charge in [-0.05, 0) is 31.5 Å². The van der Waals surface area contributed by atoms with Gasteiger partial charge in [0.25, 0.3) is 0 Å². The smallest absolute Gasteiger partial charge is 0.122 e. The first-order valence-electron chi connectivity index (χ1n) is 6.38. The summed E-state index contributed by atoms with van der Waals surface area (Å²) >= 11 is 0. The normalized spacial score (nSPS) is 9.90. The Balaban J connectivity index is 2.16. The van der Waals surface area contributed by atoms with E-state index < -0.39 is 0 Å². The molecule has 0 radical (unpaired) electrons. The summed E-state index contributed by atoms with van der Waals surface area (Å²) in [7, 11) is 1.65. The molecule has 0 fully saturated rings. The van der Waals surface area contributed by atoms with Crippen molar-refractivity contribution in [2.45, 2.75) is 20.4 Å². The quantitative estimate of drug-likeness (QED) is 0.924. The van der Waals surface area contributed by atoms with E-state index in [9.17, 15) is 0 Å². The Morgan fingerprint density at radius 1 is 1.25 bits per heavy atom. The van der Waals surface area contributed by atoms with Gasteiger partial charge in [0, 0.05) is 23.5 Å². The van der Waals surface area contributed by atoms with E-state index in [0.717, 1.165) is 28.4 Å². The summed E-state index contributed by atoms with van der Waals surface area (Å²) in [6.45, 7) is 4.54. The maximum atomic E-state index is 8.94. The van der Waals surface area contributed by atoms with E-state index in [0.29, 0.717) is 12.1 Å². The van der Waals surface area contributed by atoms with Gasteiger partial charge < -0.3 is 10.1 Å².